The van der Waals surface area contributed by atoms with E-state index in [9.17, 15) is 14.0 Å². The monoisotopic (exact) mass is 450 g/mol. The molecule has 1 aromatic heterocycles. The molecular formula is C25H27FN4O3. The Morgan fingerprint density at radius 3 is 2.30 bits per heavy atom. The summed E-state index contributed by atoms with van der Waals surface area (Å²) in [6.07, 6.45) is -0.675. The lowest BCUT2D eigenvalue weighted by Gasteiger charge is -2.20. The second kappa shape index (κ2) is 9.68. The average molecular weight is 451 g/mol. The highest BCUT2D eigenvalue weighted by Gasteiger charge is 2.18. The van der Waals surface area contributed by atoms with Crippen molar-refractivity contribution >= 4 is 34.9 Å². The lowest BCUT2D eigenvalue weighted by atomic mass is 10.1. The van der Waals surface area contributed by atoms with Crippen molar-refractivity contribution in [3.8, 4) is 0 Å². The van der Waals surface area contributed by atoms with Crippen LogP contribution in [0, 0.1) is 19.7 Å². The third-order valence-electron chi connectivity index (χ3n) is 4.57. The van der Waals surface area contributed by atoms with E-state index in [0.29, 0.717) is 17.1 Å². The number of aryl methyl sites for hydroxylation is 2. The summed E-state index contributed by atoms with van der Waals surface area (Å²) in [7, 11) is 0. The smallest absolute Gasteiger partial charge is 0.412 e. The Hall–Kier alpha value is -3.94. The molecule has 0 radical (unpaired) electrons. The summed E-state index contributed by atoms with van der Waals surface area (Å²) in [5, 5.41) is 8.39. The quantitative estimate of drug-likeness (QED) is 0.432. The first-order valence-electron chi connectivity index (χ1n) is 10.4. The van der Waals surface area contributed by atoms with Gasteiger partial charge in [-0.1, -0.05) is 12.1 Å². The topological polar surface area (TPSA) is 92.4 Å². The number of halogens is 1. The van der Waals surface area contributed by atoms with Gasteiger partial charge in [0.2, 0.25) is 0 Å². The Morgan fingerprint density at radius 1 is 0.879 bits per heavy atom. The molecule has 0 bridgehead atoms. The van der Waals surface area contributed by atoms with Crippen LogP contribution in [-0.2, 0) is 4.74 Å². The molecule has 2 amide bonds. The van der Waals surface area contributed by atoms with Crippen molar-refractivity contribution in [2.75, 3.05) is 16.0 Å². The first-order valence-corrected chi connectivity index (χ1v) is 10.4. The molecule has 0 unspecified atom stereocenters. The van der Waals surface area contributed by atoms with Gasteiger partial charge in [0.25, 0.3) is 5.91 Å². The summed E-state index contributed by atoms with van der Waals surface area (Å²) in [6.45, 7) is 9.18. The number of hydrogen-bond acceptors (Lipinski definition) is 5. The fourth-order valence-electron chi connectivity index (χ4n) is 2.93. The Morgan fingerprint density at radius 2 is 1.64 bits per heavy atom. The van der Waals surface area contributed by atoms with Crippen molar-refractivity contribution in [1.29, 1.82) is 0 Å². The van der Waals surface area contributed by atoms with Gasteiger partial charge in [-0.3, -0.25) is 10.1 Å². The Labute approximate surface area is 192 Å². The van der Waals surface area contributed by atoms with E-state index in [-0.39, 0.29) is 11.5 Å². The predicted octanol–water partition coefficient (Wildman–Crippen LogP) is 6.18. The van der Waals surface area contributed by atoms with Gasteiger partial charge in [0, 0.05) is 17.4 Å². The van der Waals surface area contributed by atoms with Gasteiger partial charge >= 0.3 is 6.09 Å². The van der Waals surface area contributed by atoms with E-state index >= 15 is 0 Å². The lowest BCUT2D eigenvalue weighted by Crippen LogP contribution is -2.27. The Bertz CT molecular complexity index is 1190. The molecule has 3 aromatic rings. The van der Waals surface area contributed by atoms with Crippen LogP contribution in [0.15, 0.2) is 54.6 Å². The van der Waals surface area contributed by atoms with Crippen LogP contribution >= 0.6 is 0 Å². The highest BCUT2D eigenvalue weighted by atomic mass is 19.1. The lowest BCUT2D eigenvalue weighted by molar-refractivity contribution is 0.0635. The van der Waals surface area contributed by atoms with Crippen LogP contribution < -0.4 is 16.0 Å². The number of ether oxygens (including phenoxy) is 1. The Kier molecular flexibility index (Phi) is 6.96. The third-order valence-corrected chi connectivity index (χ3v) is 4.57. The van der Waals surface area contributed by atoms with Crippen molar-refractivity contribution in [3.63, 3.8) is 0 Å². The third kappa shape index (κ3) is 7.03. The number of hydrogen-bond donors (Lipinski definition) is 3. The van der Waals surface area contributed by atoms with E-state index in [4.69, 9.17) is 4.74 Å². The standard InChI is InChI=1S/C25H27FN4O3/c1-15-9-10-19(11-16(15)2)28-23(31)21-13-20(29-24(32)33-25(3,4)5)14-22(30-21)27-18-8-6-7-17(26)12-18/h6-14H,1-5H3,(H,28,31)(H2,27,29,30,32). The number of rotatable bonds is 5. The molecule has 7 nitrogen and oxygen atoms in total. The predicted molar refractivity (Wildman–Crippen MR) is 128 cm³/mol. The summed E-state index contributed by atoms with van der Waals surface area (Å²) in [5.74, 6) is -0.636. The molecular weight excluding hydrogens is 423 g/mol. The second-order valence-electron chi connectivity index (χ2n) is 8.64. The van der Waals surface area contributed by atoms with Gasteiger partial charge in [0.1, 0.15) is 22.9 Å². The Balaban J connectivity index is 1.90. The summed E-state index contributed by atoms with van der Waals surface area (Å²) in [4.78, 5) is 29.5. The van der Waals surface area contributed by atoms with Gasteiger partial charge in [0.15, 0.2) is 0 Å². The van der Waals surface area contributed by atoms with Crippen LogP contribution in [0.25, 0.3) is 0 Å². The van der Waals surface area contributed by atoms with Crippen molar-refractivity contribution < 1.29 is 18.7 Å². The zero-order valence-corrected chi connectivity index (χ0v) is 19.2. The maximum atomic E-state index is 13.6. The first-order chi connectivity index (χ1) is 15.5. The second-order valence-corrected chi connectivity index (χ2v) is 8.64. The number of carbonyl (C=O) groups is 2. The molecule has 0 spiro atoms. The molecule has 172 valence electrons. The normalized spacial score (nSPS) is 11.0. The molecule has 0 aliphatic rings. The molecule has 0 aliphatic heterocycles. The number of aromatic nitrogens is 1. The highest BCUT2D eigenvalue weighted by Crippen LogP contribution is 2.22. The molecule has 0 fully saturated rings. The van der Waals surface area contributed by atoms with E-state index in [2.05, 4.69) is 20.9 Å². The average Bonchev–Trinajstić information content (AvgIpc) is 2.69. The van der Waals surface area contributed by atoms with E-state index in [1.165, 1.54) is 24.3 Å². The van der Waals surface area contributed by atoms with Crippen LogP contribution in [0.5, 0.6) is 0 Å². The van der Waals surface area contributed by atoms with Gasteiger partial charge < -0.3 is 15.4 Å². The molecule has 2 aromatic carbocycles. The molecule has 33 heavy (non-hydrogen) atoms. The SMILES string of the molecule is Cc1ccc(NC(=O)c2cc(NC(=O)OC(C)(C)C)cc(Nc3cccc(F)c3)n2)cc1C. The zero-order valence-electron chi connectivity index (χ0n) is 19.2. The molecule has 8 heteroatoms. The van der Waals surface area contributed by atoms with Gasteiger partial charge in [-0.05, 0) is 82.1 Å². The summed E-state index contributed by atoms with van der Waals surface area (Å²) in [6, 6.07) is 14.4. The minimum absolute atomic E-state index is 0.0562. The number of benzene rings is 2. The zero-order chi connectivity index (χ0) is 24.2. The van der Waals surface area contributed by atoms with Crippen molar-refractivity contribution in [3.05, 3.63) is 77.2 Å². The van der Waals surface area contributed by atoms with Gasteiger partial charge in [-0.15, -0.1) is 0 Å². The van der Waals surface area contributed by atoms with Crippen molar-refractivity contribution in [2.45, 2.75) is 40.2 Å². The van der Waals surface area contributed by atoms with E-state index in [1.54, 1.807) is 39.0 Å². The van der Waals surface area contributed by atoms with Crippen LogP contribution in [0.2, 0.25) is 0 Å². The fraction of sp³-hybridized carbons (Fsp3) is 0.240. The van der Waals surface area contributed by atoms with E-state index in [1.807, 2.05) is 26.0 Å². The highest BCUT2D eigenvalue weighted by molar-refractivity contribution is 6.04. The molecule has 3 rings (SSSR count). The van der Waals surface area contributed by atoms with E-state index < -0.39 is 23.4 Å². The maximum Gasteiger partial charge on any atom is 0.412 e. The molecule has 1 heterocycles. The minimum Gasteiger partial charge on any atom is -0.444 e. The minimum atomic E-state index is -0.691. The number of amides is 2. The van der Waals surface area contributed by atoms with Crippen LogP contribution in [0.1, 0.15) is 42.4 Å². The number of pyridine rings is 1. The summed E-state index contributed by atoms with van der Waals surface area (Å²) < 4.78 is 18.9. The fourth-order valence-corrected chi connectivity index (χ4v) is 2.93. The number of nitrogens with zero attached hydrogens (tertiary/aromatic N) is 1. The number of anilines is 4. The van der Waals surface area contributed by atoms with Crippen molar-refractivity contribution in [1.82, 2.24) is 4.98 Å². The van der Waals surface area contributed by atoms with Crippen molar-refractivity contribution in [2.24, 2.45) is 0 Å². The summed E-state index contributed by atoms with van der Waals surface area (Å²) >= 11 is 0. The maximum absolute atomic E-state index is 13.6. The van der Waals surface area contributed by atoms with Crippen LogP contribution in [0.4, 0.5) is 32.1 Å². The van der Waals surface area contributed by atoms with E-state index in [0.717, 1.165) is 11.1 Å². The van der Waals surface area contributed by atoms with Crippen LogP contribution in [0.3, 0.4) is 0 Å². The molecule has 3 N–H and O–H groups in total. The molecule has 0 aliphatic carbocycles. The largest absolute Gasteiger partial charge is 0.444 e. The first kappa shape index (κ1) is 23.7. The molecule has 0 saturated heterocycles. The number of carbonyl (C=O) groups excluding carboxylic acids is 2. The van der Waals surface area contributed by atoms with Gasteiger partial charge in [-0.25, -0.2) is 14.2 Å². The molecule has 0 atom stereocenters. The van der Waals surface area contributed by atoms with Gasteiger partial charge in [0.05, 0.1) is 5.69 Å². The van der Waals surface area contributed by atoms with Crippen LogP contribution in [-0.4, -0.2) is 22.6 Å². The molecule has 0 saturated carbocycles. The summed E-state index contributed by atoms with van der Waals surface area (Å²) in [5.41, 5.74) is 2.87. The number of nitrogens with one attached hydrogen (secondary N) is 3. The van der Waals surface area contributed by atoms with Gasteiger partial charge in [-0.2, -0.15) is 0 Å².